The maximum Gasteiger partial charge on any atom is 0.338 e. The van der Waals surface area contributed by atoms with Gasteiger partial charge in [0.25, 0.3) is 0 Å². The summed E-state index contributed by atoms with van der Waals surface area (Å²) in [6, 6.07) is 6.99. The Balaban J connectivity index is 2.39. The SMILES string of the molecule is COC(=O)c1ccccc1/C=C1/CCOC1=O. The molecule has 0 saturated carbocycles. The maximum absolute atomic E-state index is 11.5. The van der Waals surface area contributed by atoms with Gasteiger partial charge < -0.3 is 9.47 Å². The zero-order chi connectivity index (χ0) is 12.3. The molecule has 0 aromatic heterocycles. The van der Waals surface area contributed by atoms with Crippen LogP contribution in [0.1, 0.15) is 22.3 Å². The summed E-state index contributed by atoms with van der Waals surface area (Å²) >= 11 is 0. The van der Waals surface area contributed by atoms with Crippen LogP contribution < -0.4 is 0 Å². The summed E-state index contributed by atoms with van der Waals surface area (Å²) in [6.07, 6.45) is 2.26. The molecule has 4 nitrogen and oxygen atoms in total. The Morgan fingerprint density at radius 1 is 1.41 bits per heavy atom. The fourth-order valence-corrected chi connectivity index (χ4v) is 1.69. The second-order valence-corrected chi connectivity index (χ2v) is 3.63. The van der Waals surface area contributed by atoms with Crippen molar-refractivity contribution in [2.24, 2.45) is 0 Å². The molecule has 0 atom stereocenters. The molecule has 88 valence electrons. The molecule has 0 bridgehead atoms. The first-order valence-electron chi connectivity index (χ1n) is 5.27. The zero-order valence-corrected chi connectivity index (χ0v) is 9.43. The monoisotopic (exact) mass is 232 g/mol. The molecule has 1 fully saturated rings. The zero-order valence-electron chi connectivity index (χ0n) is 9.43. The minimum atomic E-state index is -0.413. The highest BCUT2D eigenvalue weighted by Crippen LogP contribution is 2.20. The Hall–Kier alpha value is -2.10. The summed E-state index contributed by atoms with van der Waals surface area (Å²) in [5.41, 5.74) is 1.71. The molecule has 2 rings (SSSR count). The van der Waals surface area contributed by atoms with E-state index in [1.165, 1.54) is 7.11 Å². The van der Waals surface area contributed by atoms with Gasteiger partial charge in [-0.15, -0.1) is 0 Å². The molecule has 1 aromatic rings. The van der Waals surface area contributed by atoms with E-state index in [2.05, 4.69) is 4.74 Å². The summed E-state index contributed by atoms with van der Waals surface area (Å²) in [6.45, 7) is 0.408. The first-order valence-corrected chi connectivity index (χ1v) is 5.27. The van der Waals surface area contributed by atoms with E-state index in [1.807, 2.05) is 0 Å². The lowest BCUT2D eigenvalue weighted by Crippen LogP contribution is -2.04. The fourth-order valence-electron chi connectivity index (χ4n) is 1.69. The Morgan fingerprint density at radius 2 is 2.18 bits per heavy atom. The van der Waals surface area contributed by atoms with Crippen LogP contribution in [0.2, 0.25) is 0 Å². The van der Waals surface area contributed by atoms with Gasteiger partial charge in [0.2, 0.25) is 0 Å². The van der Waals surface area contributed by atoms with Crippen molar-refractivity contribution in [2.75, 3.05) is 13.7 Å². The number of methoxy groups -OCH3 is 1. The Bertz CT molecular complexity index is 488. The largest absolute Gasteiger partial charge is 0.465 e. The Labute approximate surface area is 98.8 Å². The molecular weight excluding hydrogens is 220 g/mol. The van der Waals surface area contributed by atoms with Crippen LogP contribution in [0, 0.1) is 0 Å². The number of ether oxygens (including phenoxy) is 2. The van der Waals surface area contributed by atoms with Crippen molar-refractivity contribution in [3.8, 4) is 0 Å². The van der Waals surface area contributed by atoms with Crippen molar-refractivity contribution in [1.29, 1.82) is 0 Å². The number of hydrogen-bond donors (Lipinski definition) is 0. The smallest absolute Gasteiger partial charge is 0.338 e. The molecule has 0 amide bonds. The third-order valence-electron chi connectivity index (χ3n) is 2.56. The van der Waals surface area contributed by atoms with E-state index in [0.717, 1.165) is 0 Å². The number of carbonyl (C=O) groups is 2. The van der Waals surface area contributed by atoms with Crippen LogP contribution in [0.15, 0.2) is 29.8 Å². The molecule has 1 aliphatic rings. The predicted octanol–water partition coefficient (Wildman–Crippen LogP) is 1.80. The van der Waals surface area contributed by atoms with Gasteiger partial charge in [0.05, 0.1) is 19.3 Å². The highest BCUT2D eigenvalue weighted by molar-refractivity contribution is 5.99. The van der Waals surface area contributed by atoms with Gasteiger partial charge in [-0.25, -0.2) is 9.59 Å². The summed E-state index contributed by atoms with van der Waals surface area (Å²) in [7, 11) is 1.33. The second kappa shape index (κ2) is 4.82. The molecule has 0 radical (unpaired) electrons. The van der Waals surface area contributed by atoms with Crippen molar-refractivity contribution >= 4 is 18.0 Å². The fraction of sp³-hybridized carbons (Fsp3) is 0.231. The predicted molar refractivity (Wildman–Crippen MR) is 61.3 cm³/mol. The van der Waals surface area contributed by atoms with Crippen LogP contribution in [0.4, 0.5) is 0 Å². The van der Waals surface area contributed by atoms with Crippen LogP contribution in [-0.2, 0) is 14.3 Å². The first kappa shape index (κ1) is 11.4. The van der Waals surface area contributed by atoms with E-state index in [0.29, 0.717) is 29.7 Å². The van der Waals surface area contributed by atoms with E-state index in [9.17, 15) is 9.59 Å². The molecule has 1 aliphatic heterocycles. The minimum Gasteiger partial charge on any atom is -0.465 e. The average Bonchev–Trinajstić information content (AvgIpc) is 2.75. The highest BCUT2D eigenvalue weighted by atomic mass is 16.5. The van der Waals surface area contributed by atoms with Gasteiger partial charge in [-0.05, 0) is 17.7 Å². The van der Waals surface area contributed by atoms with Crippen molar-refractivity contribution in [3.63, 3.8) is 0 Å². The van der Waals surface area contributed by atoms with E-state index >= 15 is 0 Å². The molecule has 4 heteroatoms. The number of benzene rings is 1. The van der Waals surface area contributed by atoms with Crippen LogP contribution >= 0.6 is 0 Å². The van der Waals surface area contributed by atoms with Gasteiger partial charge in [0.1, 0.15) is 0 Å². The van der Waals surface area contributed by atoms with Gasteiger partial charge in [-0.2, -0.15) is 0 Å². The van der Waals surface area contributed by atoms with Crippen LogP contribution in [0.3, 0.4) is 0 Å². The molecule has 0 unspecified atom stereocenters. The molecule has 0 N–H and O–H groups in total. The van der Waals surface area contributed by atoms with E-state index < -0.39 is 5.97 Å². The topological polar surface area (TPSA) is 52.6 Å². The molecule has 0 spiro atoms. The molecular formula is C13H12O4. The lowest BCUT2D eigenvalue weighted by molar-refractivity contribution is -0.134. The van der Waals surface area contributed by atoms with Crippen molar-refractivity contribution in [2.45, 2.75) is 6.42 Å². The normalized spacial score (nSPS) is 17.0. The number of rotatable bonds is 2. The Kier molecular flexibility index (Phi) is 3.23. The maximum atomic E-state index is 11.5. The van der Waals surface area contributed by atoms with Gasteiger partial charge in [-0.3, -0.25) is 0 Å². The van der Waals surface area contributed by atoms with Crippen LogP contribution in [0.25, 0.3) is 6.08 Å². The second-order valence-electron chi connectivity index (χ2n) is 3.63. The van der Waals surface area contributed by atoms with Crippen molar-refractivity contribution in [3.05, 3.63) is 41.0 Å². The third kappa shape index (κ3) is 2.36. The molecule has 1 heterocycles. The average molecular weight is 232 g/mol. The standard InChI is InChI=1S/C13H12O4/c1-16-13(15)11-5-3-2-4-9(11)8-10-6-7-17-12(10)14/h2-5,8H,6-7H2,1H3/b10-8-. The van der Waals surface area contributed by atoms with E-state index in [-0.39, 0.29) is 5.97 Å². The summed E-state index contributed by atoms with van der Waals surface area (Å²) in [4.78, 5) is 22.8. The molecule has 0 aliphatic carbocycles. The van der Waals surface area contributed by atoms with Crippen molar-refractivity contribution in [1.82, 2.24) is 0 Å². The Morgan fingerprint density at radius 3 is 2.82 bits per heavy atom. The van der Waals surface area contributed by atoms with E-state index in [1.54, 1.807) is 30.3 Å². The number of cyclic esters (lactones) is 1. The number of carbonyl (C=O) groups excluding carboxylic acids is 2. The molecule has 1 saturated heterocycles. The number of hydrogen-bond acceptors (Lipinski definition) is 4. The minimum absolute atomic E-state index is 0.315. The van der Waals surface area contributed by atoms with Gasteiger partial charge in [0.15, 0.2) is 0 Å². The summed E-state index contributed by atoms with van der Waals surface area (Å²) in [5, 5.41) is 0. The van der Waals surface area contributed by atoms with Crippen molar-refractivity contribution < 1.29 is 19.1 Å². The van der Waals surface area contributed by atoms with Crippen LogP contribution in [0.5, 0.6) is 0 Å². The van der Waals surface area contributed by atoms with E-state index in [4.69, 9.17) is 4.74 Å². The first-order chi connectivity index (χ1) is 8.22. The molecule has 17 heavy (non-hydrogen) atoms. The van der Waals surface area contributed by atoms with Gasteiger partial charge in [-0.1, -0.05) is 18.2 Å². The quantitative estimate of drug-likeness (QED) is 0.576. The highest BCUT2D eigenvalue weighted by Gasteiger charge is 2.19. The summed E-state index contributed by atoms with van der Waals surface area (Å²) < 4.78 is 9.52. The van der Waals surface area contributed by atoms with Gasteiger partial charge in [0, 0.05) is 12.0 Å². The number of esters is 2. The van der Waals surface area contributed by atoms with Crippen LogP contribution in [-0.4, -0.2) is 25.7 Å². The van der Waals surface area contributed by atoms with Gasteiger partial charge >= 0.3 is 11.9 Å². The summed E-state index contributed by atoms with van der Waals surface area (Å²) in [5.74, 6) is -0.728. The lowest BCUT2D eigenvalue weighted by atomic mass is 10.0. The lowest BCUT2D eigenvalue weighted by Gasteiger charge is -2.03. The third-order valence-corrected chi connectivity index (χ3v) is 2.56. The molecule has 1 aromatic carbocycles.